The van der Waals surface area contributed by atoms with Gasteiger partial charge in [-0.3, -0.25) is 4.79 Å². The number of morpholine rings is 1. The molecule has 1 fully saturated rings. The fourth-order valence-corrected chi connectivity index (χ4v) is 3.09. The van der Waals surface area contributed by atoms with E-state index in [1.54, 1.807) is 0 Å². The van der Waals surface area contributed by atoms with Gasteiger partial charge in [0.05, 0.1) is 13.2 Å². The minimum atomic E-state index is -0.113. The van der Waals surface area contributed by atoms with Gasteiger partial charge in [-0.15, -0.1) is 0 Å². The molecule has 0 unspecified atom stereocenters. The van der Waals surface area contributed by atoms with Gasteiger partial charge in [0, 0.05) is 48.1 Å². The number of carbonyl (C=O) groups is 1. The van der Waals surface area contributed by atoms with Gasteiger partial charge in [-0.2, -0.15) is 0 Å². The Hall–Kier alpha value is -3.05. The minimum Gasteiger partial charge on any atom is -0.378 e. The third kappa shape index (κ3) is 3.63. The van der Waals surface area contributed by atoms with Crippen LogP contribution in [0.1, 0.15) is 10.4 Å². The Morgan fingerprint density at radius 1 is 0.885 bits per heavy atom. The van der Waals surface area contributed by atoms with Crippen LogP contribution in [0.3, 0.4) is 0 Å². The number of aromatic nitrogens is 1. The van der Waals surface area contributed by atoms with Crippen molar-refractivity contribution in [2.24, 2.45) is 0 Å². The predicted octanol–water partition coefficient (Wildman–Crippen LogP) is 3.57. The molecule has 1 aliphatic rings. The quantitative estimate of drug-likeness (QED) is 0.785. The highest BCUT2D eigenvalue weighted by Crippen LogP contribution is 2.20. The Kier molecular flexibility index (Phi) is 4.71. The van der Waals surface area contributed by atoms with Crippen molar-refractivity contribution in [3.05, 3.63) is 78.6 Å². The van der Waals surface area contributed by atoms with Crippen LogP contribution in [0.2, 0.25) is 0 Å². The van der Waals surface area contributed by atoms with E-state index in [0.29, 0.717) is 5.56 Å². The summed E-state index contributed by atoms with van der Waals surface area (Å²) in [5.41, 5.74) is 3.54. The molecule has 2 heterocycles. The van der Waals surface area contributed by atoms with E-state index < -0.39 is 0 Å². The SMILES string of the molecule is O=C(Nc1ccc(N2CCOCC2)cc1)c1cccc(-n2cccc2)c1. The summed E-state index contributed by atoms with van der Waals surface area (Å²) < 4.78 is 7.36. The molecule has 1 saturated heterocycles. The average Bonchev–Trinajstić information content (AvgIpc) is 3.24. The molecular weight excluding hydrogens is 326 g/mol. The summed E-state index contributed by atoms with van der Waals surface area (Å²) in [4.78, 5) is 14.9. The first-order chi connectivity index (χ1) is 12.8. The molecule has 0 radical (unpaired) electrons. The fourth-order valence-electron chi connectivity index (χ4n) is 3.09. The van der Waals surface area contributed by atoms with Crippen LogP contribution in [0.15, 0.2) is 73.1 Å². The first-order valence-electron chi connectivity index (χ1n) is 8.77. The molecule has 1 aromatic heterocycles. The van der Waals surface area contributed by atoms with Gasteiger partial charge >= 0.3 is 0 Å². The van der Waals surface area contributed by atoms with Crippen molar-refractivity contribution in [1.29, 1.82) is 0 Å². The summed E-state index contributed by atoms with van der Waals surface area (Å²) in [6.07, 6.45) is 3.92. The Balaban J connectivity index is 1.45. The monoisotopic (exact) mass is 347 g/mol. The Labute approximate surface area is 152 Å². The summed E-state index contributed by atoms with van der Waals surface area (Å²) >= 11 is 0. The number of hydrogen-bond acceptors (Lipinski definition) is 3. The zero-order chi connectivity index (χ0) is 17.8. The minimum absolute atomic E-state index is 0.113. The smallest absolute Gasteiger partial charge is 0.255 e. The van der Waals surface area contributed by atoms with E-state index in [1.165, 1.54) is 0 Å². The van der Waals surface area contributed by atoms with Crippen molar-refractivity contribution in [2.45, 2.75) is 0 Å². The van der Waals surface area contributed by atoms with Gasteiger partial charge in [0.25, 0.3) is 5.91 Å². The standard InChI is InChI=1S/C21H21N3O2/c25-21(17-4-3-5-20(16-17)23-10-1-2-11-23)22-18-6-8-19(9-7-18)24-12-14-26-15-13-24/h1-11,16H,12-15H2,(H,22,25). The molecule has 1 aliphatic heterocycles. The molecule has 1 N–H and O–H groups in total. The lowest BCUT2D eigenvalue weighted by Gasteiger charge is -2.28. The molecule has 0 saturated carbocycles. The Morgan fingerprint density at radius 2 is 1.62 bits per heavy atom. The topological polar surface area (TPSA) is 46.5 Å². The van der Waals surface area contributed by atoms with Crippen LogP contribution in [0.25, 0.3) is 5.69 Å². The van der Waals surface area contributed by atoms with Crippen molar-refractivity contribution in [2.75, 3.05) is 36.5 Å². The number of ether oxygens (including phenoxy) is 1. The number of rotatable bonds is 4. The lowest BCUT2D eigenvalue weighted by Crippen LogP contribution is -2.36. The van der Waals surface area contributed by atoms with E-state index in [0.717, 1.165) is 43.4 Å². The number of anilines is 2. The molecule has 0 aliphatic carbocycles. The first kappa shape index (κ1) is 16.4. The van der Waals surface area contributed by atoms with Crippen molar-refractivity contribution in [3.8, 4) is 5.69 Å². The first-order valence-corrected chi connectivity index (χ1v) is 8.77. The van der Waals surface area contributed by atoms with Gasteiger partial charge in [0.1, 0.15) is 0 Å². The molecule has 0 bridgehead atoms. The van der Waals surface area contributed by atoms with E-state index in [-0.39, 0.29) is 5.91 Å². The molecule has 132 valence electrons. The largest absolute Gasteiger partial charge is 0.378 e. The summed E-state index contributed by atoms with van der Waals surface area (Å²) in [6, 6.07) is 19.5. The van der Waals surface area contributed by atoms with E-state index in [1.807, 2.05) is 77.6 Å². The number of carbonyl (C=O) groups excluding carboxylic acids is 1. The molecule has 0 atom stereocenters. The van der Waals surface area contributed by atoms with Crippen LogP contribution in [0, 0.1) is 0 Å². The van der Waals surface area contributed by atoms with E-state index >= 15 is 0 Å². The van der Waals surface area contributed by atoms with Crippen LogP contribution in [0.4, 0.5) is 11.4 Å². The summed E-state index contributed by atoms with van der Waals surface area (Å²) in [7, 11) is 0. The van der Waals surface area contributed by atoms with E-state index in [2.05, 4.69) is 10.2 Å². The Bertz CT molecular complexity index is 867. The van der Waals surface area contributed by atoms with Gasteiger partial charge in [-0.1, -0.05) is 6.07 Å². The van der Waals surface area contributed by atoms with Crippen molar-refractivity contribution in [3.63, 3.8) is 0 Å². The van der Waals surface area contributed by atoms with Crippen LogP contribution in [-0.2, 0) is 4.74 Å². The van der Waals surface area contributed by atoms with Gasteiger partial charge in [-0.05, 0) is 54.6 Å². The summed E-state index contributed by atoms with van der Waals surface area (Å²) in [5, 5.41) is 2.97. The van der Waals surface area contributed by atoms with Gasteiger partial charge in [0.15, 0.2) is 0 Å². The number of hydrogen-bond donors (Lipinski definition) is 1. The molecule has 5 heteroatoms. The zero-order valence-electron chi connectivity index (χ0n) is 14.5. The number of nitrogens with zero attached hydrogens (tertiary/aromatic N) is 2. The van der Waals surface area contributed by atoms with Crippen molar-refractivity contribution >= 4 is 17.3 Å². The van der Waals surface area contributed by atoms with E-state index in [9.17, 15) is 4.79 Å². The Morgan fingerprint density at radius 3 is 2.35 bits per heavy atom. The second-order valence-corrected chi connectivity index (χ2v) is 6.24. The fraction of sp³-hybridized carbons (Fsp3) is 0.190. The van der Waals surface area contributed by atoms with Gasteiger partial charge in [-0.25, -0.2) is 0 Å². The average molecular weight is 347 g/mol. The normalized spacial score (nSPS) is 14.2. The van der Waals surface area contributed by atoms with Crippen molar-refractivity contribution < 1.29 is 9.53 Å². The lowest BCUT2D eigenvalue weighted by atomic mass is 10.1. The molecule has 4 rings (SSSR count). The highest BCUT2D eigenvalue weighted by atomic mass is 16.5. The summed E-state index contributed by atoms with van der Waals surface area (Å²) in [6.45, 7) is 3.32. The third-order valence-electron chi connectivity index (χ3n) is 4.51. The molecule has 1 amide bonds. The number of benzene rings is 2. The molecule has 0 spiro atoms. The van der Waals surface area contributed by atoms with Gasteiger partial charge in [0.2, 0.25) is 0 Å². The van der Waals surface area contributed by atoms with Crippen LogP contribution < -0.4 is 10.2 Å². The molecule has 5 nitrogen and oxygen atoms in total. The number of amides is 1. The van der Waals surface area contributed by atoms with E-state index in [4.69, 9.17) is 4.74 Å². The van der Waals surface area contributed by atoms with Gasteiger partial charge < -0.3 is 19.5 Å². The maximum absolute atomic E-state index is 12.6. The number of nitrogens with one attached hydrogen (secondary N) is 1. The molecule has 2 aromatic carbocycles. The zero-order valence-corrected chi connectivity index (χ0v) is 14.5. The third-order valence-corrected chi connectivity index (χ3v) is 4.51. The molecular formula is C21H21N3O2. The highest BCUT2D eigenvalue weighted by molar-refractivity contribution is 6.04. The molecule has 3 aromatic rings. The molecule has 26 heavy (non-hydrogen) atoms. The maximum atomic E-state index is 12.6. The summed E-state index contributed by atoms with van der Waals surface area (Å²) in [5.74, 6) is -0.113. The van der Waals surface area contributed by atoms with Crippen LogP contribution in [-0.4, -0.2) is 36.8 Å². The predicted molar refractivity (Wildman–Crippen MR) is 103 cm³/mol. The maximum Gasteiger partial charge on any atom is 0.255 e. The van der Waals surface area contributed by atoms with Crippen molar-refractivity contribution in [1.82, 2.24) is 4.57 Å². The highest BCUT2D eigenvalue weighted by Gasteiger charge is 2.12. The second kappa shape index (κ2) is 7.45. The van der Waals surface area contributed by atoms with Crippen LogP contribution >= 0.6 is 0 Å². The lowest BCUT2D eigenvalue weighted by molar-refractivity contribution is 0.102. The van der Waals surface area contributed by atoms with Crippen LogP contribution in [0.5, 0.6) is 0 Å². The second-order valence-electron chi connectivity index (χ2n) is 6.24.